The third-order valence-electron chi connectivity index (χ3n) is 7.07. The van der Waals surface area contributed by atoms with Gasteiger partial charge in [0.25, 0.3) is 0 Å². The Labute approximate surface area is 177 Å². The number of aromatic nitrogens is 1. The van der Waals surface area contributed by atoms with E-state index >= 15 is 0 Å². The molecule has 1 aliphatic heterocycles. The van der Waals surface area contributed by atoms with Crippen molar-refractivity contribution in [3.8, 4) is 5.75 Å². The van der Waals surface area contributed by atoms with Crippen molar-refractivity contribution in [3.63, 3.8) is 0 Å². The highest BCUT2D eigenvalue weighted by Gasteiger charge is 2.48. The summed E-state index contributed by atoms with van der Waals surface area (Å²) in [5, 5.41) is 2.07. The van der Waals surface area contributed by atoms with Gasteiger partial charge in [-0.2, -0.15) is 0 Å². The van der Waals surface area contributed by atoms with Crippen LogP contribution in [0.3, 0.4) is 0 Å². The largest absolute Gasteiger partial charge is 0.497 e. The lowest BCUT2D eigenvalue weighted by Gasteiger charge is -2.51. The Morgan fingerprint density at radius 1 is 1.31 bits per heavy atom. The molecule has 1 unspecified atom stereocenters. The van der Waals surface area contributed by atoms with Crippen LogP contribution in [0.5, 0.6) is 5.75 Å². The number of aromatic amines is 1. The zero-order valence-corrected chi connectivity index (χ0v) is 17.6. The highest BCUT2D eigenvalue weighted by molar-refractivity contribution is 6.35. The fourth-order valence-corrected chi connectivity index (χ4v) is 5.95. The average molecular weight is 407 g/mol. The number of halogens is 1. The minimum absolute atomic E-state index is 0.118. The molecule has 2 atom stereocenters. The van der Waals surface area contributed by atoms with Crippen LogP contribution in [0.4, 0.5) is 0 Å². The van der Waals surface area contributed by atoms with E-state index in [2.05, 4.69) is 40.7 Å². The first kappa shape index (κ1) is 18.8. The Hall–Kier alpha value is -2.23. The average Bonchev–Trinajstić information content (AvgIpc) is 3.10. The zero-order chi connectivity index (χ0) is 20.0. The van der Waals surface area contributed by atoms with Crippen molar-refractivity contribution >= 4 is 22.5 Å². The van der Waals surface area contributed by atoms with Crippen molar-refractivity contribution in [2.45, 2.75) is 24.7 Å². The van der Waals surface area contributed by atoms with E-state index in [0.717, 1.165) is 55.2 Å². The molecule has 0 radical (unpaired) electrons. The summed E-state index contributed by atoms with van der Waals surface area (Å²) in [6, 6.07) is 14.9. The molecule has 29 heavy (non-hydrogen) atoms. The fraction of sp³-hybridized carbons (Fsp3) is 0.360. The van der Waals surface area contributed by atoms with Crippen molar-refractivity contribution in [1.82, 2.24) is 9.88 Å². The molecule has 0 amide bonds. The predicted octanol–water partition coefficient (Wildman–Crippen LogP) is 5.37. The molecule has 5 rings (SSSR count). The van der Waals surface area contributed by atoms with Crippen molar-refractivity contribution in [2.75, 3.05) is 26.7 Å². The number of methoxy groups -OCH3 is 1. The molecule has 0 bridgehead atoms. The second kappa shape index (κ2) is 7.23. The number of hydrogen-bond donors (Lipinski definition) is 1. The molecule has 0 spiro atoms. The van der Waals surface area contributed by atoms with Crippen molar-refractivity contribution in [3.05, 3.63) is 77.0 Å². The van der Waals surface area contributed by atoms with Crippen molar-refractivity contribution in [2.24, 2.45) is 5.92 Å². The summed E-state index contributed by atoms with van der Waals surface area (Å²) in [6.45, 7) is 7.08. The van der Waals surface area contributed by atoms with Gasteiger partial charge in [0.05, 0.1) is 12.1 Å². The number of hydrogen-bond acceptors (Lipinski definition) is 2. The van der Waals surface area contributed by atoms with Gasteiger partial charge in [0.1, 0.15) is 5.75 Å². The molecule has 4 heteroatoms. The molecule has 3 nitrogen and oxygen atoms in total. The third kappa shape index (κ3) is 2.99. The number of nitrogens with one attached hydrogen (secondary N) is 1. The predicted molar refractivity (Wildman–Crippen MR) is 120 cm³/mol. The number of piperidine rings is 1. The number of rotatable bonds is 4. The number of nitrogens with zero attached hydrogens (tertiary/aromatic N) is 1. The molecular formula is C25H27ClN2O. The van der Waals surface area contributed by atoms with Gasteiger partial charge in [0.15, 0.2) is 0 Å². The molecule has 1 fully saturated rings. The van der Waals surface area contributed by atoms with Gasteiger partial charge < -0.3 is 9.72 Å². The molecule has 2 heterocycles. The molecule has 1 saturated heterocycles. The van der Waals surface area contributed by atoms with E-state index in [1.165, 1.54) is 22.2 Å². The minimum atomic E-state index is 0.118. The minimum Gasteiger partial charge on any atom is -0.497 e. The first-order valence-electron chi connectivity index (χ1n) is 10.4. The van der Waals surface area contributed by atoms with Gasteiger partial charge in [-0.05, 0) is 67.1 Å². The SMILES string of the molecule is C=CCN1CC[C@]2(c3cccc(OC)c3)Cc3[nH]c4cccc(Cl)c4c3CC2C1. The summed E-state index contributed by atoms with van der Waals surface area (Å²) < 4.78 is 5.57. The number of likely N-dealkylation sites (tertiary alicyclic amines) is 1. The number of benzene rings is 2. The molecule has 1 aromatic heterocycles. The van der Waals surface area contributed by atoms with E-state index in [0.29, 0.717) is 5.92 Å². The van der Waals surface area contributed by atoms with Crippen LogP contribution in [-0.4, -0.2) is 36.6 Å². The van der Waals surface area contributed by atoms with Gasteiger partial charge >= 0.3 is 0 Å². The first-order chi connectivity index (χ1) is 14.1. The summed E-state index contributed by atoms with van der Waals surface area (Å²) in [5.74, 6) is 1.47. The Morgan fingerprint density at radius 3 is 3.00 bits per heavy atom. The van der Waals surface area contributed by atoms with E-state index < -0.39 is 0 Å². The Bertz CT molecular complexity index is 1070. The third-order valence-corrected chi connectivity index (χ3v) is 7.39. The molecule has 2 aromatic carbocycles. The van der Waals surface area contributed by atoms with Crippen LogP contribution in [0.15, 0.2) is 55.1 Å². The van der Waals surface area contributed by atoms with Crippen LogP contribution in [0.1, 0.15) is 23.2 Å². The molecule has 0 saturated carbocycles. The van der Waals surface area contributed by atoms with Gasteiger partial charge in [-0.15, -0.1) is 6.58 Å². The zero-order valence-electron chi connectivity index (χ0n) is 16.9. The number of ether oxygens (including phenoxy) is 1. The van der Waals surface area contributed by atoms with Crippen molar-refractivity contribution in [1.29, 1.82) is 0 Å². The quantitative estimate of drug-likeness (QED) is 0.589. The van der Waals surface area contributed by atoms with Gasteiger partial charge in [-0.25, -0.2) is 0 Å². The molecule has 1 aliphatic carbocycles. The summed E-state index contributed by atoms with van der Waals surface area (Å²) in [6.07, 6.45) is 5.23. The van der Waals surface area contributed by atoms with Crippen molar-refractivity contribution < 1.29 is 4.74 Å². The monoisotopic (exact) mass is 406 g/mol. The molecule has 2 aliphatic rings. The lowest BCUT2D eigenvalue weighted by molar-refractivity contribution is 0.0896. The fourth-order valence-electron chi connectivity index (χ4n) is 5.66. The number of H-pyrrole nitrogens is 1. The molecule has 1 N–H and O–H groups in total. The molecule has 150 valence electrons. The van der Waals surface area contributed by atoms with Crippen LogP contribution < -0.4 is 4.74 Å². The Balaban J connectivity index is 1.65. The van der Waals surface area contributed by atoms with E-state index in [1.54, 1.807) is 7.11 Å². The Morgan fingerprint density at radius 2 is 2.17 bits per heavy atom. The standard InChI is InChI=1S/C25H27ClN2O/c1-3-11-28-12-10-25(17-6-4-7-19(13-17)29-2)15-23-20(14-18(25)16-28)24-21(26)8-5-9-22(24)27-23/h3-9,13,18,27H,1,10-12,14-16H2,2H3/t18?,25-/m1/s1. The molecular weight excluding hydrogens is 380 g/mol. The highest BCUT2D eigenvalue weighted by Crippen LogP contribution is 2.50. The summed E-state index contributed by atoms with van der Waals surface area (Å²) in [4.78, 5) is 6.24. The van der Waals surface area contributed by atoms with Crippen LogP contribution in [0.2, 0.25) is 5.02 Å². The topological polar surface area (TPSA) is 28.3 Å². The van der Waals surface area contributed by atoms with Crippen LogP contribution in [-0.2, 0) is 18.3 Å². The summed E-state index contributed by atoms with van der Waals surface area (Å²) in [5.41, 5.74) is 5.44. The first-order valence-corrected chi connectivity index (χ1v) is 10.8. The van der Waals surface area contributed by atoms with Crippen LogP contribution in [0, 0.1) is 5.92 Å². The maximum absolute atomic E-state index is 6.62. The Kier molecular flexibility index (Phi) is 4.68. The van der Waals surface area contributed by atoms with Crippen LogP contribution in [0.25, 0.3) is 10.9 Å². The lowest BCUT2D eigenvalue weighted by Crippen LogP contribution is -2.53. The maximum Gasteiger partial charge on any atom is 0.119 e. The molecule has 3 aromatic rings. The lowest BCUT2D eigenvalue weighted by atomic mass is 9.58. The van der Waals surface area contributed by atoms with Gasteiger partial charge in [-0.3, -0.25) is 4.90 Å². The van der Waals surface area contributed by atoms with E-state index in [1.807, 2.05) is 24.3 Å². The smallest absolute Gasteiger partial charge is 0.119 e. The van der Waals surface area contributed by atoms with Gasteiger partial charge in [0.2, 0.25) is 0 Å². The van der Waals surface area contributed by atoms with E-state index in [-0.39, 0.29) is 5.41 Å². The van der Waals surface area contributed by atoms with Gasteiger partial charge in [-0.1, -0.05) is 35.9 Å². The van der Waals surface area contributed by atoms with Crippen LogP contribution >= 0.6 is 11.6 Å². The van der Waals surface area contributed by atoms with E-state index in [4.69, 9.17) is 16.3 Å². The normalized spacial score (nSPS) is 24.1. The second-order valence-electron chi connectivity index (χ2n) is 8.51. The highest BCUT2D eigenvalue weighted by atomic mass is 35.5. The summed E-state index contributed by atoms with van der Waals surface area (Å²) in [7, 11) is 1.75. The summed E-state index contributed by atoms with van der Waals surface area (Å²) >= 11 is 6.62. The maximum atomic E-state index is 6.62. The van der Waals surface area contributed by atoms with Gasteiger partial charge in [0, 0.05) is 35.1 Å². The second-order valence-corrected chi connectivity index (χ2v) is 8.92. The van der Waals surface area contributed by atoms with E-state index in [9.17, 15) is 0 Å². The number of fused-ring (bicyclic) bond motifs is 4.